The van der Waals surface area contributed by atoms with Gasteiger partial charge in [-0.15, -0.1) is 0 Å². The first-order valence-corrected chi connectivity index (χ1v) is 11.6. The normalized spacial score (nSPS) is 15.0. The van der Waals surface area contributed by atoms with Crippen molar-refractivity contribution >= 4 is 17.6 Å². The Bertz CT molecular complexity index is 1130. The number of carbonyl (C=O) groups is 2. The number of urea groups is 1. The molecular formula is C26H31N5O3. The van der Waals surface area contributed by atoms with Crippen LogP contribution in [0.25, 0.3) is 11.4 Å². The second-order valence-corrected chi connectivity index (χ2v) is 9.79. The van der Waals surface area contributed by atoms with Crippen LogP contribution in [-0.2, 0) is 16.8 Å². The molecule has 34 heavy (non-hydrogen) atoms. The van der Waals surface area contributed by atoms with Gasteiger partial charge in [0, 0.05) is 23.2 Å². The fourth-order valence-electron chi connectivity index (χ4n) is 4.03. The Morgan fingerprint density at radius 2 is 1.68 bits per heavy atom. The van der Waals surface area contributed by atoms with Gasteiger partial charge in [0.2, 0.25) is 17.6 Å². The maximum Gasteiger partial charge on any atom is 0.315 e. The molecule has 1 heterocycles. The molecule has 8 heteroatoms. The second kappa shape index (κ2) is 9.67. The van der Waals surface area contributed by atoms with Gasteiger partial charge < -0.3 is 20.5 Å². The molecule has 1 fully saturated rings. The Labute approximate surface area is 199 Å². The predicted molar refractivity (Wildman–Crippen MR) is 130 cm³/mol. The molecule has 8 nitrogen and oxygen atoms in total. The van der Waals surface area contributed by atoms with Crippen LogP contribution in [0.3, 0.4) is 0 Å². The molecule has 1 aromatic heterocycles. The minimum Gasteiger partial charge on any atom is -0.338 e. The van der Waals surface area contributed by atoms with Crippen molar-refractivity contribution in [2.24, 2.45) is 0 Å². The van der Waals surface area contributed by atoms with Crippen molar-refractivity contribution in [1.82, 2.24) is 20.8 Å². The third kappa shape index (κ3) is 5.44. The first-order chi connectivity index (χ1) is 16.2. The van der Waals surface area contributed by atoms with Gasteiger partial charge in [-0.05, 0) is 42.7 Å². The molecule has 3 amide bonds. The molecular weight excluding hydrogens is 430 g/mol. The molecule has 3 N–H and O–H groups in total. The number of hydrogen-bond donors (Lipinski definition) is 3. The topological polar surface area (TPSA) is 109 Å². The van der Waals surface area contributed by atoms with Crippen LogP contribution < -0.4 is 16.0 Å². The summed E-state index contributed by atoms with van der Waals surface area (Å²) in [5, 5.41) is 12.8. The Kier molecular flexibility index (Phi) is 6.68. The first-order valence-electron chi connectivity index (χ1n) is 11.6. The summed E-state index contributed by atoms with van der Waals surface area (Å²) < 4.78 is 5.37. The minimum atomic E-state index is -0.922. The first kappa shape index (κ1) is 23.5. The van der Waals surface area contributed by atoms with Gasteiger partial charge in [-0.3, -0.25) is 4.79 Å². The molecule has 0 spiro atoms. The van der Waals surface area contributed by atoms with Crippen molar-refractivity contribution < 1.29 is 14.1 Å². The van der Waals surface area contributed by atoms with Gasteiger partial charge in [0.15, 0.2) is 0 Å². The van der Waals surface area contributed by atoms with E-state index in [2.05, 4.69) is 26.1 Å². The number of amides is 3. The zero-order chi connectivity index (χ0) is 24.2. The van der Waals surface area contributed by atoms with Crippen molar-refractivity contribution in [3.63, 3.8) is 0 Å². The van der Waals surface area contributed by atoms with Crippen LogP contribution in [0.1, 0.15) is 57.9 Å². The molecule has 1 aliphatic rings. The molecule has 0 radical (unpaired) electrons. The van der Waals surface area contributed by atoms with Gasteiger partial charge in [0.25, 0.3) is 0 Å². The highest BCUT2D eigenvalue weighted by Crippen LogP contribution is 2.31. The summed E-state index contributed by atoms with van der Waals surface area (Å²) in [5.41, 5.74) is 1.29. The summed E-state index contributed by atoms with van der Waals surface area (Å²) in [6.45, 7) is 6.44. The van der Waals surface area contributed by atoms with E-state index in [1.54, 1.807) is 12.1 Å². The zero-order valence-electron chi connectivity index (χ0n) is 19.9. The summed E-state index contributed by atoms with van der Waals surface area (Å²) in [5.74, 6) is 0.869. The molecule has 0 unspecified atom stereocenters. The molecule has 178 valence electrons. The number of benzene rings is 2. The van der Waals surface area contributed by atoms with Crippen LogP contribution in [-0.4, -0.2) is 27.6 Å². The number of aromatic nitrogens is 2. The van der Waals surface area contributed by atoms with Crippen molar-refractivity contribution in [2.75, 3.05) is 5.32 Å². The lowest BCUT2D eigenvalue weighted by Crippen LogP contribution is -2.57. The molecule has 3 aromatic rings. The van der Waals surface area contributed by atoms with Gasteiger partial charge in [0.05, 0.1) is 0 Å². The van der Waals surface area contributed by atoms with E-state index < -0.39 is 5.54 Å². The zero-order valence-corrected chi connectivity index (χ0v) is 19.9. The Hall–Kier alpha value is -3.68. The highest BCUT2D eigenvalue weighted by Gasteiger charge is 2.42. The van der Waals surface area contributed by atoms with Gasteiger partial charge in [-0.25, -0.2) is 4.79 Å². The maximum absolute atomic E-state index is 13.2. The summed E-state index contributed by atoms with van der Waals surface area (Å²) in [4.78, 5) is 30.3. The van der Waals surface area contributed by atoms with Gasteiger partial charge in [0.1, 0.15) is 5.54 Å². The lowest BCUT2D eigenvalue weighted by Gasteiger charge is -2.29. The number of rotatable bonds is 6. The number of nitrogens with one attached hydrogen (secondary N) is 3. The Morgan fingerprint density at radius 3 is 2.29 bits per heavy atom. The lowest BCUT2D eigenvalue weighted by molar-refractivity contribution is -0.121. The van der Waals surface area contributed by atoms with Crippen molar-refractivity contribution in [1.29, 1.82) is 0 Å². The Balaban J connectivity index is 1.39. The number of anilines is 1. The van der Waals surface area contributed by atoms with E-state index in [0.29, 0.717) is 36.8 Å². The highest BCUT2D eigenvalue weighted by molar-refractivity contribution is 6.00. The Morgan fingerprint density at radius 1 is 1.00 bits per heavy atom. The summed E-state index contributed by atoms with van der Waals surface area (Å²) in [6.07, 6.45) is 2.99. The fraction of sp³-hybridized carbons (Fsp3) is 0.385. The van der Waals surface area contributed by atoms with Crippen LogP contribution in [0.4, 0.5) is 10.5 Å². The second-order valence-electron chi connectivity index (χ2n) is 9.79. The number of carbonyl (C=O) groups excluding carboxylic acids is 2. The van der Waals surface area contributed by atoms with E-state index in [1.165, 1.54) is 0 Å². The van der Waals surface area contributed by atoms with Crippen LogP contribution in [0.15, 0.2) is 59.1 Å². The smallest absolute Gasteiger partial charge is 0.315 e. The van der Waals surface area contributed by atoms with Crippen molar-refractivity contribution in [3.8, 4) is 11.4 Å². The van der Waals surface area contributed by atoms with E-state index >= 15 is 0 Å². The largest absolute Gasteiger partial charge is 0.338 e. The van der Waals surface area contributed by atoms with Crippen LogP contribution >= 0.6 is 0 Å². The minimum absolute atomic E-state index is 0.206. The number of hydrogen-bond acceptors (Lipinski definition) is 5. The summed E-state index contributed by atoms with van der Waals surface area (Å²) >= 11 is 0. The average molecular weight is 462 g/mol. The van der Waals surface area contributed by atoms with Gasteiger partial charge >= 0.3 is 6.03 Å². The van der Waals surface area contributed by atoms with Crippen LogP contribution in [0, 0.1) is 0 Å². The van der Waals surface area contributed by atoms with E-state index in [9.17, 15) is 9.59 Å². The predicted octanol–water partition coefficient (Wildman–Crippen LogP) is 4.78. The molecule has 0 bridgehead atoms. The molecule has 0 saturated heterocycles. The quantitative estimate of drug-likeness (QED) is 0.489. The van der Waals surface area contributed by atoms with Crippen LogP contribution in [0.2, 0.25) is 0 Å². The summed E-state index contributed by atoms with van der Waals surface area (Å²) in [6, 6.07) is 16.6. The lowest BCUT2D eigenvalue weighted by atomic mass is 9.96. The molecule has 0 aliphatic heterocycles. The van der Waals surface area contributed by atoms with Gasteiger partial charge in [-0.2, -0.15) is 4.98 Å². The van der Waals surface area contributed by atoms with Crippen molar-refractivity contribution in [2.45, 2.75) is 64.0 Å². The third-order valence-electron chi connectivity index (χ3n) is 6.01. The fourth-order valence-corrected chi connectivity index (χ4v) is 4.03. The van der Waals surface area contributed by atoms with E-state index in [0.717, 1.165) is 24.0 Å². The molecule has 4 rings (SSSR count). The third-order valence-corrected chi connectivity index (χ3v) is 6.01. The van der Waals surface area contributed by atoms with Gasteiger partial charge in [-0.1, -0.05) is 69.1 Å². The SMILES string of the molecule is CC(C)(C)c1nc(-c2ccc(NC(=O)C3(NC(=O)NCc4ccccc4)CCCC3)cc2)no1. The maximum atomic E-state index is 13.2. The standard InChI is InChI=1S/C26H31N5O3/c1-25(2,3)23-29-21(31-34-23)19-11-13-20(14-12-19)28-22(32)26(15-7-8-16-26)30-24(33)27-17-18-9-5-4-6-10-18/h4-6,9-14H,7-8,15-17H2,1-3H3,(H,28,32)(H2,27,30,33). The molecule has 0 atom stereocenters. The highest BCUT2D eigenvalue weighted by atomic mass is 16.5. The average Bonchev–Trinajstić information content (AvgIpc) is 3.50. The van der Waals surface area contributed by atoms with Crippen LogP contribution in [0.5, 0.6) is 0 Å². The number of nitrogens with zero attached hydrogens (tertiary/aromatic N) is 2. The monoisotopic (exact) mass is 461 g/mol. The van der Waals surface area contributed by atoms with Crippen molar-refractivity contribution in [3.05, 3.63) is 66.1 Å². The molecule has 1 saturated carbocycles. The van der Waals surface area contributed by atoms with E-state index in [1.807, 2.05) is 63.2 Å². The van der Waals surface area contributed by atoms with E-state index in [-0.39, 0.29) is 17.4 Å². The van der Waals surface area contributed by atoms with E-state index in [4.69, 9.17) is 4.52 Å². The molecule has 2 aromatic carbocycles. The molecule has 1 aliphatic carbocycles. The summed E-state index contributed by atoms with van der Waals surface area (Å²) in [7, 11) is 0.